The van der Waals surface area contributed by atoms with Gasteiger partial charge in [0.25, 0.3) is 0 Å². The fraction of sp³-hybridized carbons (Fsp3) is 1.00. The van der Waals surface area contributed by atoms with Gasteiger partial charge in [0.1, 0.15) is 0 Å². The molecule has 0 amide bonds. The van der Waals surface area contributed by atoms with Gasteiger partial charge in [-0.15, -0.1) is 0 Å². The van der Waals surface area contributed by atoms with Gasteiger partial charge in [-0.3, -0.25) is 0 Å². The maximum Gasteiger partial charge on any atom is 0.0594 e. The molecule has 0 aromatic carbocycles. The molecule has 0 nitrogen and oxygen atoms in total. The molecule has 0 aliphatic carbocycles. The van der Waals surface area contributed by atoms with E-state index in [9.17, 15) is 0 Å². The van der Waals surface area contributed by atoms with Crippen LogP contribution < -0.4 is 17.0 Å². The van der Waals surface area contributed by atoms with Crippen LogP contribution in [-0.2, 0) is 0 Å². The molecule has 0 aromatic rings. The van der Waals surface area contributed by atoms with Crippen LogP contribution in [-0.4, -0.2) is 24.6 Å². The van der Waals surface area contributed by atoms with Gasteiger partial charge >= 0.3 is 0 Å². The van der Waals surface area contributed by atoms with E-state index in [0.29, 0.717) is 0 Å². The fourth-order valence-electron chi connectivity index (χ4n) is 6.29. The van der Waals surface area contributed by atoms with Gasteiger partial charge in [0.2, 0.25) is 0 Å². The highest BCUT2D eigenvalue weighted by molar-refractivity contribution is 7.75. The summed E-state index contributed by atoms with van der Waals surface area (Å²) < 4.78 is 0. The van der Waals surface area contributed by atoms with Gasteiger partial charge in [-0.05, 0) is 51.4 Å². The number of hydrogen-bond donors (Lipinski definition) is 0. The Morgan fingerprint density at radius 1 is 0.237 bits per heavy atom. The molecule has 0 saturated heterocycles. The summed E-state index contributed by atoms with van der Waals surface area (Å²) in [5.74, 6) is 0. The summed E-state index contributed by atoms with van der Waals surface area (Å²) >= 11 is 0. The second-order valence-corrected chi connectivity index (χ2v) is 17.2. The van der Waals surface area contributed by atoms with Gasteiger partial charge in [-0.2, -0.15) is 0 Å². The second-order valence-electron chi connectivity index (χ2n) is 12.7. The van der Waals surface area contributed by atoms with E-state index in [2.05, 4.69) is 27.7 Å². The molecule has 0 bridgehead atoms. The first-order valence-electron chi connectivity index (χ1n) is 18.1. The largest absolute Gasteiger partial charge is 1.00 e. The molecule has 232 valence electrons. The molecule has 0 rings (SSSR count). The van der Waals surface area contributed by atoms with E-state index in [4.69, 9.17) is 0 Å². The molecule has 0 fully saturated rings. The van der Waals surface area contributed by atoms with Gasteiger partial charge in [0.05, 0.1) is 24.6 Å². The molecule has 0 aliphatic rings. The Bertz CT molecular complexity index is 379. The number of unbranched alkanes of at least 4 members (excludes halogenated alkanes) is 24. The number of rotatable bonds is 32. The van der Waals surface area contributed by atoms with Crippen molar-refractivity contribution in [2.24, 2.45) is 0 Å². The summed E-state index contributed by atoms with van der Waals surface area (Å²) in [7, 11) is -0.705. The maximum atomic E-state index is 2.37. The lowest BCUT2D eigenvalue weighted by molar-refractivity contribution is -0.00000842. The smallest absolute Gasteiger partial charge is 0.0594 e. The minimum absolute atomic E-state index is 0. The van der Waals surface area contributed by atoms with Crippen LogP contribution >= 0.6 is 7.26 Å². The zero-order chi connectivity index (χ0) is 27.1. The highest BCUT2D eigenvalue weighted by atomic mass is 79.9. The normalized spacial score (nSPS) is 11.7. The van der Waals surface area contributed by atoms with Crippen LogP contribution in [0.4, 0.5) is 0 Å². The lowest BCUT2D eigenvalue weighted by Gasteiger charge is -2.28. The van der Waals surface area contributed by atoms with E-state index >= 15 is 0 Å². The molecule has 0 N–H and O–H groups in total. The molecule has 0 spiro atoms. The first-order chi connectivity index (χ1) is 18.2. The molecule has 0 aromatic heterocycles. The number of hydrogen-bond acceptors (Lipinski definition) is 0. The van der Waals surface area contributed by atoms with Crippen molar-refractivity contribution in [2.75, 3.05) is 24.6 Å². The van der Waals surface area contributed by atoms with Crippen molar-refractivity contribution < 1.29 is 17.0 Å². The summed E-state index contributed by atoms with van der Waals surface area (Å²) in [6.45, 7) is 9.42. The van der Waals surface area contributed by atoms with E-state index in [-0.39, 0.29) is 17.0 Å². The maximum absolute atomic E-state index is 2.37. The van der Waals surface area contributed by atoms with Crippen LogP contribution in [0.5, 0.6) is 0 Å². The third kappa shape index (κ3) is 28.4. The molecule has 38 heavy (non-hydrogen) atoms. The van der Waals surface area contributed by atoms with Crippen LogP contribution in [0.2, 0.25) is 0 Å². The van der Waals surface area contributed by atoms with Crippen molar-refractivity contribution in [1.29, 1.82) is 0 Å². The Balaban J connectivity index is 0. The van der Waals surface area contributed by atoms with Crippen molar-refractivity contribution in [3.05, 3.63) is 0 Å². The van der Waals surface area contributed by atoms with Crippen molar-refractivity contribution in [3.8, 4) is 0 Å². The van der Waals surface area contributed by atoms with E-state index in [1.165, 1.54) is 154 Å². The summed E-state index contributed by atoms with van der Waals surface area (Å²) in [4.78, 5) is 0. The van der Waals surface area contributed by atoms with E-state index in [1.807, 2.05) is 0 Å². The molecule has 0 saturated carbocycles. The minimum Gasteiger partial charge on any atom is -1.00 e. The fourth-order valence-corrected chi connectivity index (χ4v) is 11.2. The average molecular weight is 620 g/mol. The monoisotopic (exact) mass is 618 g/mol. The van der Waals surface area contributed by atoms with Crippen LogP contribution in [0, 0.1) is 0 Å². The topological polar surface area (TPSA) is 0 Å². The van der Waals surface area contributed by atoms with Crippen LogP contribution in [0.1, 0.15) is 207 Å². The molecule has 0 heterocycles. The van der Waals surface area contributed by atoms with Gasteiger partial charge in [0, 0.05) is 7.26 Å². The Morgan fingerprint density at radius 3 is 0.605 bits per heavy atom. The molecule has 0 atom stereocenters. The number of halogens is 1. The zero-order valence-corrected chi connectivity index (χ0v) is 29.9. The first kappa shape index (κ1) is 41.0. The Hall–Kier alpha value is 0.910. The van der Waals surface area contributed by atoms with Crippen molar-refractivity contribution >= 4 is 7.26 Å². The lowest BCUT2D eigenvalue weighted by Crippen LogP contribution is -3.00. The third-order valence-corrected chi connectivity index (χ3v) is 14.0. The second kappa shape index (κ2) is 34.1. The van der Waals surface area contributed by atoms with E-state index in [1.54, 1.807) is 50.3 Å². The van der Waals surface area contributed by atoms with Gasteiger partial charge < -0.3 is 17.0 Å². The predicted molar refractivity (Wildman–Crippen MR) is 178 cm³/mol. The Morgan fingerprint density at radius 2 is 0.395 bits per heavy atom. The van der Waals surface area contributed by atoms with Crippen molar-refractivity contribution in [2.45, 2.75) is 207 Å². The van der Waals surface area contributed by atoms with Crippen molar-refractivity contribution in [1.82, 2.24) is 0 Å². The zero-order valence-electron chi connectivity index (χ0n) is 27.5. The van der Waals surface area contributed by atoms with Crippen LogP contribution in [0.25, 0.3) is 0 Å². The van der Waals surface area contributed by atoms with E-state index in [0.717, 1.165) is 0 Å². The molecular weight excluding hydrogens is 543 g/mol. The SMILES string of the molecule is CCCCCCCCCCCCCCCCCC[P+](CCCCCC)(CCCCCC)CCCCCC.[Br-]. The highest BCUT2D eigenvalue weighted by Gasteiger charge is 2.34. The summed E-state index contributed by atoms with van der Waals surface area (Å²) in [5, 5.41) is 0. The third-order valence-electron chi connectivity index (χ3n) is 8.94. The molecule has 0 aliphatic heterocycles. The predicted octanol–water partition coefficient (Wildman–Crippen LogP) is 11.0. The minimum atomic E-state index is -0.705. The quantitative estimate of drug-likeness (QED) is 0.0519. The molecule has 0 radical (unpaired) electrons. The Labute approximate surface area is 255 Å². The average Bonchev–Trinajstić information content (AvgIpc) is 2.91. The highest BCUT2D eigenvalue weighted by Crippen LogP contribution is 2.61. The van der Waals surface area contributed by atoms with Gasteiger partial charge in [0.15, 0.2) is 0 Å². The Kier molecular flexibility index (Phi) is 36.8. The standard InChI is InChI=1S/C36H76P.BrH/c1-5-9-13-17-18-19-20-21-22-23-24-25-26-27-28-32-36-37(33-29-14-10-6-2,34-30-15-11-7-3)35-31-16-12-8-4;/h5-36H2,1-4H3;1H/q+1;/p-1. The van der Waals surface area contributed by atoms with E-state index < -0.39 is 7.26 Å². The molecule has 0 unspecified atom stereocenters. The van der Waals surface area contributed by atoms with Gasteiger partial charge in [-0.1, -0.05) is 156 Å². The van der Waals surface area contributed by atoms with Crippen molar-refractivity contribution in [3.63, 3.8) is 0 Å². The first-order valence-corrected chi connectivity index (χ1v) is 20.6. The summed E-state index contributed by atoms with van der Waals surface area (Å²) in [6.07, 6.45) is 48.1. The van der Waals surface area contributed by atoms with Gasteiger partial charge in [-0.25, -0.2) is 0 Å². The lowest BCUT2D eigenvalue weighted by atomic mass is 10.0. The van der Waals surface area contributed by atoms with Crippen LogP contribution in [0.3, 0.4) is 0 Å². The van der Waals surface area contributed by atoms with Crippen LogP contribution in [0.15, 0.2) is 0 Å². The summed E-state index contributed by atoms with van der Waals surface area (Å²) in [6, 6.07) is 0. The molecule has 2 heteroatoms. The summed E-state index contributed by atoms with van der Waals surface area (Å²) in [5.41, 5.74) is 0. The molecular formula is C36H76BrP.